The van der Waals surface area contributed by atoms with Crippen molar-refractivity contribution in [1.82, 2.24) is 0 Å². The van der Waals surface area contributed by atoms with Gasteiger partial charge in [0.05, 0.1) is 0 Å². The average molecular weight is 491 g/mol. The van der Waals surface area contributed by atoms with E-state index in [9.17, 15) is 0 Å². The summed E-state index contributed by atoms with van der Waals surface area (Å²) in [4.78, 5) is 43.1. The normalized spacial score (nSPS) is 6.94. The molecule has 0 heterocycles. The van der Waals surface area contributed by atoms with Crippen molar-refractivity contribution < 1.29 is 58.5 Å². The molecular formula is H20Ca7O8P2. The van der Waals surface area contributed by atoms with E-state index in [0.29, 0.717) is 0 Å². The third-order valence-electron chi connectivity index (χ3n) is 0. The SMILES string of the molecule is O=P(O)(O)O.O=P(O)(O)O.[Ca+2].[Ca+2].[Ca+2].[Ca+2].[Ca+2].[Ca+2].[Ca+2].[H-].[H-].[H-].[H-].[H-].[H-].[H-].[H-].[H-].[H-].[H-].[H-].[H-].[H-]. The number of hydrogen-bond acceptors (Lipinski definition) is 2. The molecule has 17 heavy (non-hydrogen) atoms. The van der Waals surface area contributed by atoms with Crippen LogP contribution in [-0.4, -0.2) is 294 Å². The van der Waals surface area contributed by atoms with Gasteiger partial charge in [-0.15, -0.1) is 0 Å². The molecule has 0 fully saturated rings. The van der Waals surface area contributed by atoms with Gasteiger partial charge in [0.1, 0.15) is 0 Å². The Balaban J connectivity index is -0.00000000117. The number of phosphoric acid groups is 2. The second-order valence-corrected chi connectivity index (χ2v) is 3.08. The Morgan fingerprint density at radius 3 is 0.471 bits per heavy atom. The van der Waals surface area contributed by atoms with Crippen LogP contribution in [0, 0.1) is 0 Å². The van der Waals surface area contributed by atoms with Gasteiger partial charge in [-0.05, 0) is 0 Å². The zero-order valence-electron chi connectivity index (χ0n) is 23.3. The molecule has 92 valence electrons. The van der Waals surface area contributed by atoms with Crippen molar-refractivity contribution in [2.75, 3.05) is 0 Å². The van der Waals surface area contributed by atoms with Gasteiger partial charge in [-0.2, -0.15) is 0 Å². The smallest absolute Gasteiger partial charge is 1.00 e. The molecule has 0 aliphatic heterocycles. The van der Waals surface area contributed by atoms with Gasteiger partial charge in [0.15, 0.2) is 0 Å². The monoisotopic (exact) mass is 490 g/mol. The van der Waals surface area contributed by atoms with Gasteiger partial charge in [-0.3, -0.25) is 0 Å². The molecule has 0 atom stereocenters. The van der Waals surface area contributed by atoms with Crippen LogP contribution in [0.1, 0.15) is 20.0 Å². The van der Waals surface area contributed by atoms with E-state index in [1.165, 1.54) is 0 Å². The van der Waals surface area contributed by atoms with Gasteiger partial charge >= 0.3 is 280 Å². The fourth-order valence-electron chi connectivity index (χ4n) is 0. The van der Waals surface area contributed by atoms with Crippen molar-refractivity contribution in [3.8, 4) is 0 Å². The second kappa shape index (κ2) is 32.7. The summed E-state index contributed by atoms with van der Waals surface area (Å²) < 4.78 is 17.8. The molecule has 0 unspecified atom stereocenters. The van der Waals surface area contributed by atoms with Crippen LogP contribution in [-0.2, 0) is 9.13 Å². The van der Waals surface area contributed by atoms with Crippen LogP contribution in [0.5, 0.6) is 0 Å². The van der Waals surface area contributed by atoms with Gasteiger partial charge in [0.25, 0.3) is 0 Å². The summed E-state index contributed by atoms with van der Waals surface area (Å²) in [6.07, 6.45) is 0. The van der Waals surface area contributed by atoms with E-state index in [0.717, 1.165) is 0 Å². The minimum absolute atomic E-state index is 0. The van der Waals surface area contributed by atoms with Crippen LogP contribution in [0.4, 0.5) is 0 Å². The molecule has 0 aromatic heterocycles. The molecule has 0 bridgehead atoms. The molecule has 17 heteroatoms. The van der Waals surface area contributed by atoms with E-state index in [2.05, 4.69) is 0 Å². The summed E-state index contributed by atoms with van der Waals surface area (Å²) >= 11 is 0. The first-order chi connectivity index (χ1) is 4.00. The summed E-state index contributed by atoms with van der Waals surface area (Å²) in [6, 6.07) is 0. The Bertz CT molecular complexity index is 167. The van der Waals surface area contributed by atoms with Crippen LogP contribution in [0.15, 0.2) is 0 Å². The van der Waals surface area contributed by atoms with E-state index in [-0.39, 0.29) is 284 Å². The molecule has 8 nitrogen and oxygen atoms in total. The molecule has 0 rings (SSSR count). The minimum Gasteiger partial charge on any atom is -1.00 e. The van der Waals surface area contributed by atoms with E-state index in [1.54, 1.807) is 0 Å². The molecular weight excluding hydrogens is 470 g/mol. The molecule has 0 spiro atoms. The van der Waals surface area contributed by atoms with Gasteiger partial charge in [0.2, 0.25) is 0 Å². The Labute approximate surface area is 329 Å². The first-order valence-electron chi connectivity index (χ1n) is 1.57. The van der Waals surface area contributed by atoms with E-state index in [4.69, 9.17) is 38.5 Å². The summed E-state index contributed by atoms with van der Waals surface area (Å²) in [7, 11) is -9.28. The Morgan fingerprint density at radius 1 is 0.471 bits per heavy atom. The van der Waals surface area contributed by atoms with Gasteiger partial charge in [-0.1, -0.05) is 0 Å². The number of rotatable bonds is 0. The van der Waals surface area contributed by atoms with E-state index >= 15 is 0 Å². The molecule has 0 amide bonds. The largest absolute Gasteiger partial charge is 2.00 e. The topological polar surface area (TPSA) is 156 Å². The number of hydrogen-bond donors (Lipinski definition) is 6. The van der Waals surface area contributed by atoms with Crippen molar-refractivity contribution in [1.29, 1.82) is 0 Å². The molecule has 0 saturated heterocycles. The Kier molecular flexibility index (Phi) is 108. The molecule has 0 radical (unpaired) electrons. The molecule has 0 aromatic rings. The Morgan fingerprint density at radius 2 is 0.471 bits per heavy atom. The first-order valence-corrected chi connectivity index (χ1v) is 4.70. The molecule has 0 aromatic carbocycles. The van der Waals surface area contributed by atoms with Crippen molar-refractivity contribution in [2.24, 2.45) is 0 Å². The zero-order chi connectivity index (χ0) is 9.00. The fourth-order valence-corrected chi connectivity index (χ4v) is 0. The van der Waals surface area contributed by atoms with Crippen LogP contribution in [0.2, 0.25) is 0 Å². The first kappa shape index (κ1) is 56.2. The third kappa shape index (κ3) is 163. The van der Waals surface area contributed by atoms with E-state index < -0.39 is 15.6 Å². The van der Waals surface area contributed by atoms with E-state index in [1.807, 2.05) is 0 Å². The molecule has 0 aliphatic rings. The fraction of sp³-hybridized carbons (Fsp3) is 0. The quantitative estimate of drug-likeness (QED) is 0.156. The summed E-state index contributed by atoms with van der Waals surface area (Å²) in [5.74, 6) is 0. The maximum absolute atomic E-state index is 8.88. The molecule has 6 N–H and O–H groups in total. The third-order valence-corrected chi connectivity index (χ3v) is 0. The summed E-state index contributed by atoms with van der Waals surface area (Å²) in [5, 5.41) is 0. The standard InChI is InChI=1S/7Ca.2H3O4P.14H/c;;;;;;;2*1-5(2,3)4;;;;;;;;;;;;;;/h;;;;;;;2*(H3,1,2,3,4);;;;;;;;;;;;;;/q7*+2;;;14*-1. The maximum atomic E-state index is 8.88. The average Bonchev–Trinajstić information content (AvgIpc) is 1.12. The second-order valence-electron chi connectivity index (χ2n) is 1.03. The maximum Gasteiger partial charge on any atom is 2.00 e. The van der Waals surface area contributed by atoms with Crippen LogP contribution in [0.25, 0.3) is 0 Å². The van der Waals surface area contributed by atoms with Crippen molar-refractivity contribution >= 4 is 280 Å². The Hall–Kier alpha value is 9.04. The summed E-state index contributed by atoms with van der Waals surface area (Å²) in [5.41, 5.74) is 0. The van der Waals surface area contributed by atoms with Gasteiger partial charge in [-0.25, -0.2) is 9.13 Å². The van der Waals surface area contributed by atoms with Crippen LogP contribution >= 0.6 is 15.6 Å². The van der Waals surface area contributed by atoms with Gasteiger partial charge < -0.3 is 49.3 Å². The zero-order valence-corrected chi connectivity index (χ0v) is 26.6. The predicted octanol–water partition coefficient (Wildman–Crippen LogP) is -2.95. The van der Waals surface area contributed by atoms with Crippen molar-refractivity contribution in [3.05, 3.63) is 0 Å². The van der Waals surface area contributed by atoms with Crippen molar-refractivity contribution in [3.63, 3.8) is 0 Å². The molecule has 0 saturated carbocycles. The van der Waals surface area contributed by atoms with Crippen LogP contribution < -0.4 is 0 Å². The van der Waals surface area contributed by atoms with Crippen molar-refractivity contribution in [2.45, 2.75) is 0 Å². The summed E-state index contributed by atoms with van der Waals surface area (Å²) in [6.45, 7) is 0. The molecule has 0 aliphatic carbocycles. The van der Waals surface area contributed by atoms with Crippen LogP contribution in [0.3, 0.4) is 0 Å². The predicted molar refractivity (Wildman–Crippen MR) is 84.4 cm³/mol. The van der Waals surface area contributed by atoms with Gasteiger partial charge in [0, 0.05) is 0 Å². The minimum atomic E-state index is -4.64.